The molecule has 1 aliphatic rings. The second kappa shape index (κ2) is 4.42. The lowest BCUT2D eigenvalue weighted by Gasteiger charge is -2.21. The number of hydrogen-bond donors (Lipinski definition) is 5. The lowest BCUT2D eigenvalue weighted by Crippen LogP contribution is -2.41. The Labute approximate surface area is 110 Å². The molecule has 2 aromatic rings. The normalized spacial score (nSPS) is 26.6. The van der Waals surface area contributed by atoms with Gasteiger partial charge in [-0.05, 0) is 0 Å². The molecule has 3 atom stereocenters. The van der Waals surface area contributed by atoms with Crippen molar-refractivity contribution in [1.82, 2.24) is 19.6 Å². The third-order valence-electron chi connectivity index (χ3n) is 2.96. The van der Waals surface area contributed by atoms with Gasteiger partial charge in [0.15, 0.2) is 17.4 Å². The Balaban J connectivity index is 2.09. The summed E-state index contributed by atoms with van der Waals surface area (Å²) in [5.41, 5.74) is 4.95. The average Bonchev–Trinajstić information content (AvgIpc) is 2.93. The summed E-state index contributed by atoms with van der Waals surface area (Å²) in [6.45, 7) is -0.489. The van der Waals surface area contributed by atoms with Gasteiger partial charge in [-0.25, -0.2) is 9.82 Å². The summed E-state index contributed by atoms with van der Waals surface area (Å²) in [6, 6.07) is 0. The molecule has 0 spiro atoms. The number of nitrogens with zero attached hydrogens (tertiary/aromatic N) is 4. The topological polar surface area (TPSA) is 163 Å². The molecule has 3 rings (SSSR count). The molecule has 0 amide bonds. The summed E-state index contributed by atoms with van der Waals surface area (Å²) in [5.74, 6) is -0.128. The minimum Gasteiger partial charge on any atom is -0.393 e. The predicted octanol–water partition coefficient (Wildman–Crippen LogP) is -3.37. The van der Waals surface area contributed by atoms with Crippen LogP contribution in [0.25, 0.3) is 11.2 Å². The Bertz CT molecular complexity index is 698. The van der Waals surface area contributed by atoms with Crippen molar-refractivity contribution >= 4 is 17.1 Å². The molecule has 0 radical (unpaired) electrons. The molecule has 0 aliphatic carbocycles. The van der Waals surface area contributed by atoms with Crippen LogP contribution in [0.3, 0.4) is 0 Å². The van der Waals surface area contributed by atoms with Gasteiger partial charge in [-0.15, -0.1) is 0 Å². The van der Waals surface area contributed by atoms with E-state index >= 15 is 0 Å². The highest BCUT2D eigenvalue weighted by molar-refractivity contribution is 5.70. The van der Waals surface area contributed by atoms with E-state index in [4.69, 9.17) is 15.7 Å². The highest BCUT2D eigenvalue weighted by Gasteiger charge is 2.42. The van der Waals surface area contributed by atoms with Gasteiger partial charge in [0, 0.05) is 0 Å². The SMILES string of the molecule is Nc1nc2c(ncn2N2O[C@H](CO)[C@@H](O)[C@H]2O)c(=O)[nH]1. The summed E-state index contributed by atoms with van der Waals surface area (Å²) in [6.07, 6.45) is -2.59. The number of anilines is 1. The van der Waals surface area contributed by atoms with E-state index in [0.717, 1.165) is 9.85 Å². The van der Waals surface area contributed by atoms with E-state index in [1.807, 2.05) is 0 Å². The number of fused-ring (bicyclic) bond motifs is 1. The zero-order chi connectivity index (χ0) is 14.4. The summed E-state index contributed by atoms with van der Waals surface area (Å²) in [7, 11) is 0. The highest BCUT2D eigenvalue weighted by Crippen LogP contribution is 2.20. The number of aromatic nitrogens is 4. The molecule has 11 nitrogen and oxygen atoms in total. The first kappa shape index (κ1) is 12.8. The molecular formula is C9H12N6O5. The second-order valence-corrected chi connectivity index (χ2v) is 4.25. The van der Waals surface area contributed by atoms with Crippen LogP contribution in [0.2, 0.25) is 0 Å². The molecule has 0 saturated carbocycles. The Morgan fingerprint density at radius 2 is 2.25 bits per heavy atom. The number of aromatic amines is 1. The van der Waals surface area contributed by atoms with Crippen LogP contribution >= 0.6 is 0 Å². The van der Waals surface area contributed by atoms with Crippen LogP contribution in [0.5, 0.6) is 0 Å². The number of imidazole rings is 1. The number of nitrogen functional groups attached to an aromatic ring is 1. The maximum atomic E-state index is 11.6. The van der Waals surface area contributed by atoms with Gasteiger partial charge in [0.25, 0.3) is 5.56 Å². The molecule has 108 valence electrons. The number of hydroxylamine groups is 1. The van der Waals surface area contributed by atoms with Crippen LogP contribution in [0.4, 0.5) is 5.95 Å². The zero-order valence-electron chi connectivity index (χ0n) is 10.0. The smallest absolute Gasteiger partial charge is 0.280 e. The predicted molar refractivity (Wildman–Crippen MR) is 64.8 cm³/mol. The van der Waals surface area contributed by atoms with Gasteiger partial charge in [-0.1, -0.05) is 0 Å². The molecule has 1 fully saturated rings. The fraction of sp³-hybridized carbons (Fsp3) is 0.444. The van der Waals surface area contributed by atoms with Gasteiger partial charge in [0.2, 0.25) is 5.95 Å². The van der Waals surface area contributed by atoms with Gasteiger partial charge in [-0.2, -0.15) is 14.8 Å². The fourth-order valence-electron chi connectivity index (χ4n) is 1.97. The molecular weight excluding hydrogens is 272 g/mol. The van der Waals surface area contributed by atoms with Crippen LogP contribution < -0.4 is 16.5 Å². The Morgan fingerprint density at radius 1 is 1.50 bits per heavy atom. The number of nitrogens with two attached hydrogens (primary N) is 1. The molecule has 3 heterocycles. The maximum Gasteiger partial charge on any atom is 0.280 e. The van der Waals surface area contributed by atoms with Crippen molar-refractivity contribution in [2.24, 2.45) is 0 Å². The maximum absolute atomic E-state index is 11.6. The van der Waals surface area contributed by atoms with E-state index in [9.17, 15) is 15.0 Å². The first-order valence-electron chi connectivity index (χ1n) is 5.69. The van der Waals surface area contributed by atoms with Crippen LogP contribution in [0, 0.1) is 0 Å². The Morgan fingerprint density at radius 3 is 2.90 bits per heavy atom. The first-order valence-corrected chi connectivity index (χ1v) is 5.69. The first-order chi connectivity index (χ1) is 9.52. The van der Waals surface area contributed by atoms with E-state index < -0.39 is 30.6 Å². The van der Waals surface area contributed by atoms with E-state index in [2.05, 4.69) is 15.0 Å². The molecule has 6 N–H and O–H groups in total. The van der Waals surface area contributed by atoms with Crippen LogP contribution in [-0.2, 0) is 4.84 Å². The number of rotatable bonds is 2. The summed E-state index contributed by atoms with van der Waals surface area (Å²) in [4.78, 5) is 26.8. The average molecular weight is 284 g/mol. The molecule has 0 unspecified atom stereocenters. The molecule has 20 heavy (non-hydrogen) atoms. The molecule has 0 aromatic carbocycles. The van der Waals surface area contributed by atoms with E-state index in [1.165, 1.54) is 6.33 Å². The lowest BCUT2D eigenvalue weighted by atomic mass is 10.2. The number of nitrogens with one attached hydrogen (secondary N) is 1. The van der Waals surface area contributed by atoms with E-state index in [1.54, 1.807) is 0 Å². The second-order valence-electron chi connectivity index (χ2n) is 4.25. The zero-order valence-corrected chi connectivity index (χ0v) is 10.0. The molecule has 11 heteroatoms. The van der Waals surface area contributed by atoms with Crippen molar-refractivity contribution < 1.29 is 20.2 Å². The highest BCUT2D eigenvalue weighted by atomic mass is 16.8. The quantitative estimate of drug-likeness (QED) is 0.378. The van der Waals surface area contributed by atoms with Crippen molar-refractivity contribution in [3.8, 4) is 0 Å². The minimum absolute atomic E-state index is 0.00283. The van der Waals surface area contributed by atoms with Gasteiger partial charge < -0.3 is 21.1 Å². The molecule has 1 aliphatic heterocycles. The van der Waals surface area contributed by atoms with Crippen molar-refractivity contribution in [2.75, 3.05) is 17.5 Å². The monoisotopic (exact) mass is 284 g/mol. The standard InChI is InChI=1S/C9H12N6O5/c10-9-12-6-4(7(18)13-9)11-2-14(6)15-8(19)5(17)3(1-16)20-15/h2-3,5,8,16-17,19H,1H2,(H3,10,12,13,18)/t3-,5-,8-/m1/s1. The van der Waals surface area contributed by atoms with Crippen LogP contribution in [-0.4, -0.2) is 60.0 Å². The molecule has 0 bridgehead atoms. The summed E-state index contributed by atoms with van der Waals surface area (Å²) < 4.78 is 1.13. The number of aliphatic hydroxyl groups excluding tert-OH is 3. The van der Waals surface area contributed by atoms with Crippen molar-refractivity contribution in [2.45, 2.75) is 18.4 Å². The third kappa shape index (κ3) is 1.72. The lowest BCUT2D eigenvalue weighted by molar-refractivity contribution is -0.0214. The van der Waals surface area contributed by atoms with Crippen LogP contribution in [0.15, 0.2) is 11.1 Å². The Kier molecular flexibility index (Phi) is 2.83. The Hall–Kier alpha value is -2.21. The van der Waals surface area contributed by atoms with E-state index in [-0.39, 0.29) is 17.1 Å². The fourth-order valence-corrected chi connectivity index (χ4v) is 1.97. The van der Waals surface area contributed by atoms with Gasteiger partial charge in [0.1, 0.15) is 18.5 Å². The number of hydrogen-bond acceptors (Lipinski definition) is 9. The van der Waals surface area contributed by atoms with Crippen molar-refractivity contribution in [3.05, 3.63) is 16.7 Å². The third-order valence-corrected chi connectivity index (χ3v) is 2.96. The number of H-pyrrole nitrogens is 1. The molecule has 1 saturated heterocycles. The van der Waals surface area contributed by atoms with E-state index in [0.29, 0.717) is 0 Å². The summed E-state index contributed by atoms with van der Waals surface area (Å²) in [5, 5.41) is 29.5. The summed E-state index contributed by atoms with van der Waals surface area (Å²) >= 11 is 0. The van der Waals surface area contributed by atoms with Gasteiger partial charge >= 0.3 is 0 Å². The van der Waals surface area contributed by atoms with Gasteiger partial charge in [-0.3, -0.25) is 9.78 Å². The van der Waals surface area contributed by atoms with Crippen LogP contribution in [0.1, 0.15) is 0 Å². The van der Waals surface area contributed by atoms with Gasteiger partial charge in [0.05, 0.1) is 6.61 Å². The molecule has 2 aromatic heterocycles. The van der Waals surface area contributed by atoms with Crippen molar-refractivity contribution in [1.29, 1.82) is 0 Å². The van der Waals surface area contributed by atoms with Crippen molar-refractivity contribution in [3.63, 3.8) is 0 Å². The largest absolute Gasteiger partial charge is 0.393 e. The minimum atomic E-state index is -1.45. The number of aliphatic hydroxyl groups is 3.